The maximum atomic E-state index is 12.2. The van der Waals surface area contributed by atoms with Gasteiger partial charge in [0.05, 0.1) is 5.54 Å². The van der Waals surface area contributed by atoms with Crippen molar-refractivity contribution >= 4 is 23.4 Å². The van der Waals surface area contributed by atoms with Gasteiger partial charge >= 0.3 is 5.51 Å². The normalized spacial score (nSPS) is 22.9. The molecule has 2 rings (SSSR count). The van der Waals surface area contributed by atoms with Crippen LogP contribution in [-0.4, -0.2) is 23.5 Å². The number of amides is 1. The predicted molar refractivity (Wildman–Crippen MR) is 77.2 cm³/mol. The average Bonchev–Trinajstić information content (AvgIpc) is 2.40. The number of hydrogen-bond donors (Lipinski definition) is 2. The summed E-state index contributed by atoms with van der Waals surface area (Å²) in [6.45, 7) is 2.64. The fraction of sp³-hybridized carbons (Fsp3) is 0.500. The van der Waals surface area contributed by atoms with E-state index in [1.54, 1.807) is 0 Å². The van der Waals surface area contributed by atoms with E-state index in [2.05, 4.69) is 10.6 Å². The molecule has 2 N–H and O–H groups in total. The number of thioether (sulfide) groups is 1. The van der Waals surface area contributed by atoms with Gasteiger partial charge in [-0.3, -0.25) is 4.79 Å². The van der Waals surface area contributed by atoms with Crippen LogP contribution in [0, 0.1) is 0 Å². The standard InChI is InChI=1S/C14H17F3N2OS/c1-13(8-2-3-9-18-13)12(20)19-10-4-6-11(7-5-10)21-14(15,16)17/h4-7,18H,2-3,8-9H2,1H3,(H,19,20). The van der Waals surface area contributed by atoms with Crippen LogP contribution < -0.4 is 10.6 Å². The molecule has 1 aromatic carbocycles. The molecule has 0 radical (unpaired) electrons. The lowest BCUT2D eigenvalue weighted by Crippen LogP contribution is -2.54. The topological polar surface area (TPSA) is 41.1 Å². The van der Waals surface area contributed by atoms with Gasteiger partial charge < -0.3 is 10.6 Å². The van der Waals surface area contributed by atoms with Gasteiger partial charge in [0.15, 0.2) is 0 Å². The first kappa shape index (κ1) is 16.2. The zero-order valence-corrected chi connectivity index (χ0v) is 12.4. The fourth-order valence-corrected chi connectivity index (χ4v) is 2.80. The van der Waals surface area contributed by atoms with Crippen molar-refractivity contribution in [2.24, 2.45) is 0 Å². The third kappa shape index (κ3) is 4.64. The molecule has 0 aliphatic carbocycles. The monoisotopic (exact) mass is 318 g/mol. The van der Waals surface area contributed by atoms with Crippen molar-refractivity contribution in [1.82, 2.24) is 5.32 Å². The lowest BCUT2D eigenvalue weighted by atomic mass is 9.90. The van der Waals surface area contributed by atoms with Crippen molar-refractivity contribution in [2.75, 3.05) is 11.9 Å². The second-order valence-electron chi connectivity index (χ2n) is 5.24. The first-order valence-electron chi connectivity index (χ1n) is 6.71. The van der Waals surface area contributed by atoms with E-state index in [0.29, 0.717) is 5.69 Å². The first-order chi connectivity index (χ1) is 9.78. The van der Waals surface area contributed by atoms with Gasteiger partial charge in [0.25, 0.3) is 0 Å². The van der Waals surface area contributed by atoms with Crippen LogP contribution in [0.25, 0.3) is 0 Å². The smallest absolute Gasteiger partial charge is 0.324 e. The minimum absolute atomic E-state index is 0.0995. The Kier molecular flexibility index (Phi) is 4.83. The Morgan fingerprint density at radius 3 is 2.48 bits per heavy atom. The molecule has 0 saturated carbocycles. The molecule has 3 nitrogen and oxygen atoms in total. The van der Waals surface area contributed by atoms with Gasteiger partial charge in [0, 0.05) is 10.6 Å². The summed E-state index contributed by atoms with van der Waals surface area (Å²) >= 11 is -0.169. The average molecular weight is 318 g/mol. The zero-order chi connectivity index (χ0) is 15.5. The van der Waals surface area contributed by atoms with Gasteiger partial charge in [-0.25, -0.2) is 0 Å². The van der Waals surface area contributed by atoms with Gasteiger partial charge in [-0.15, -0.1) is 0 Å². The number of alkyl halides is 3. The van der Waals surface area contributed by atoms with Crippen LogP contribution in [0.5, 0.6) is 0 Å². The van der Waals surface area contributed by atoms with Crippen LogP contribution in [-0.2, 0) is 4.79 Å². The number of benzene rings is 1. The van der Waals surface area contributed by atoms with E-state index in [9.17, 15) is 18.0 Å². The molecule has 1 atom stereocenters. The number of carbonyl (C=O) groups is 1. The molecular formula is C14H17F3N2OS. The largest absolute Gasteiger partial charge is 0.446 e. The molecular weight excluding hydrogens is 301 g/mol. The van der Waals surface area contributed by atoms with Crippen molar-refractivity contribution in [3.63, 3.8) is 0 Å². The highest BCUT2D eigenvalue weighted by Gasteiger charge is 2.34. The van der Waals surface area contributed by atoms with Gasteiger partial charge in [-0.1, -0.05) is 0 Å². The highest BCUT2D eigenvalue weighted by atomic mass is 32.2. The Labute approximate surface area is 125 Å². The number of nitrogens with one attached hydrogen (secondary N) is 2. The van der Waals surface area contributed by atoms with E-state index in [1.165, 1.54) is 24.3 Å². The molecule has 1 heterocycles. The van der Waals surface area contributed by atoms with Crippen LogP contribution in [0.4, 0.5) is 18.9 Å². The maximum absolute atomic E-state index is 12.2. The number of carbonyl (C=O) groups excluding carboxylic acids is 1. The molecule has 0 bridgehead atoms. The van der Waals surface area contributed by atoms with Crippen LogP contribution in [0.15, 0.2) is 29.2 Å². The summed E-state index contributed by atoms with van der Waals surface area (Å²) in [5, 5.41) is 5.94. The minimum Gasteiger partial charge on any atom is -0.324 e. The number of piperidine rings is 1. The molecule has 1 aliphatic rings. The second-order valence-corrected chi connectivity index (χ2v) is 6.38. The zero-order valence-electron chi connectivity index (χ0n) is 11.6. The van der Waals surface area contributed by atoms with E-state index in [-0.39, 0.29) is 22.6 Å². The van der Waals surface area contributed by atoms with Crippen LogP contribution in [0.2, 0.25) is 0 Å². The molecule has 1 amide bonds. The Morgan fingerprint density at radius 2 is 1.95 bits per heavy atom. The summed E-state index contributed by atoms with van der Waals surface area (Å²) < 4.78 is 36.7. The molecule has 1 fully saturated rings. The molecule has 1 aromatic rings. The second kappa shape index (κ2) is 6.27. The maximum Gasteiger partial charge on any atom is 0.446 e. The van der Waals surface area contributed by atoms with E-state index in [4.69, 9.17) is 0 Å². The van der Waals surface area contributed by atoms with Crippen molar-refractivity contribution in [2.45, 2.75) is 42.1 Å². The third-order valence-electron chi connectivity index (χ3n) is 3.47. The summed E-state index contributed by atoms with van der Waals surface area (Å²) in [7, 11) is 0. The Hall–Kier alpha value is -1.21. The number of hydrogen-bond acceptors (Lipinski definition) is 3. The molecule has 1 aliphatic heterocycles. The summed E-state index contributed by atoms with van der Waals surface area (Å²) in [6, 6.07) is 5.67. The Balaban J connectivity index is 1.98. The quantitative estimate of drug-likeness (QED) is 0.834. The van der Waals surface area contributed by atoms with Crippen molar-refractivity contribution in [3.8, 4) is 0 Å². The van der Waals surface area contributed by atoms with E-state index in [1.807, 2.05) is 6.92 Å². The third-order valence-corrected chi connectivity index (χ3v) is 4.20. The summed E-state index contributed by atoms with van der Waals surface area (Å²) in [4.78, 5) is 12.3. The van der Waals surface area contributed by atoms with Crippen molar-refractivity contribution in [1.29, 1.82) is 0 Å². The van der Waals surface area contributed by atoms with E-state index >= 15 is 0 Å². The number of halogens is 3. The van der Waals surface area contributed by atoms with Crippen molar-refractivity contribution in [3.05, 3.63) is 24.3 Å². The predicted octanol–water partition coefficient (Wildman–Crippen LogP) is 3.77. The first-order valence-corrected chi connectivity index (χ1v) is 7.52. The Morgan fingerprint density at radius 1 is 1.29 bits per heavy atom. The highest BCUT2D eigenvalue weighted by Crippen LogP contribution is 2.37. The highest BCUT2D eigenvalue weighted by molar-refractivity contribution is 8.00. The molecule has 7 heteroatoms. The lowest BCUT2D eigenvalue weighted by molar-refractivity contribution is -0.122. The summed E-state index contributed by atoms with van der Waals surface area (Å²) in [5.41, 5.74) is -4.41. The van der Waals surface area contributed by atoms with Crippen LogP contribution in [0.1, 0.15) is 26.2 Å². The number of anilines is 1. The molecule has 0 aromatic heterocycles. The van der Waals surface area contributed by atoms with Gasteiger partial charge in [-0.05, 0) is 68.8 Å². The summed E-state index contributed by atoms with van der Waals surface area (Å²) in [6.07, 6.45) is 2.78. The molecule has 116 valence electrons. The summed E-state index contributed by atoms with van der Waals surface area (Å²) in [5.74, 6) is -0.154. The van der Waals surface area contributed by atoms with E-state index < -0.39 is 11.0 Å². The molecule has 1 saturated heterocycles. The van der Waals surface area contributed by atoms with Gasteiger partial charge in [0.1, 0.15) is 0 Å². The molecule has 1 unspecified atom stereocenters. The minimum atomic E-state index is -4.30. The number of rotatable bonds is 3. The SMILES string of the molecule is CC1(C(=O)Nc2ccc(SC(F)(F)F)cc2)CCCCN1. The van der Waals surface area contributed by atoms with Gasteiger partial charge in [0.2, 0.25) is 5.91 Å². The fourth-order valence-electron chi connectivity index (χ4n) is 2.26. The molecule has 0 spiro atoms. The Bertz CT molecular complexity index is 496. The molecule has 21 heavy (non-hydrogen) atoms. The van der Waals surface area contributed by atoms with Gasteiger partial charge in [-0.2, -0.15) is 13.2 Å². The van der Waals surface area contributed by atoms with E-state index in [0.717, 1.165) is 25.8 Å². The van der Waals surface area contributed by atoms with Crippen molar-refractivity contribution < 1.29 is 18.0 Å². The van der Waals surface area contributed by atoms with Crippen LogP contribution >= 0.6 is 11.8 Å². The van der Waals surface area contributed by atoms with Crippen LogP contribution in [0.3, 0.4) is 0 Å². The lowest BCUT2D eigenvalue weighted by Gasteiger charge is -2.33.